The highest BCUT2D eigenvalue weighted by atomic mass is 32.2. The quantitative estimate of drug-likeness (QED) is 0.869. The van der Waals surface area contributed by atoms with Crippen LogP contribution in [0.3, 0.4) is 0 Å². The molecule has 8 heteroatoms. The monoisotopic (exact) mass is 363 g/mol. The van der Waals surface area contributed by atoms with Crippen molar-refractivity contribution in [3.05, 3.63) is 33.6 Å². The van der Waals surface area contributed by atoms with E-state index >= 15 is 0 Å². The SMILES string of the molecule is COc1cc([C@H]2SC(C)=Nc3c2c(=O)[nH]n3C(C)C)cc(OC)c1O. The molecule has 1 aliphatic rings. The van der Waals surface area contributed by atoms with Crippen molar-refractivity contribution in [3.8, 4) is 17.2 Å². The summed E-state index contributed by atoms with van der Waals surface area (Å²) in [6, 6.07) is 3.54. The number of aromatic amines is 1. The molecular weight excluding hydrogens is 342 g/mol. The zero-order valence-corrected chi connectivity index (χ0v) is 15.6. The zero-order chi connectivity index (χ0) is 18.3. The molecule has 0 amide bonds. The fourth-order valence-electron chi connectivity index (χ4n) is 2.88. The van der Waals surface area contributed by atoms with E-state index in [4.69, 9.17) is 9.47 Å². The maximum absolute atomic E-state index is 12.6. The molecule has 0 aliphatic carbocycles. The number of methoxy groups -OCH3 is 2. The summed E-state index contributed by atoms with van der Waals surface area (Å²) in [5.74, 6) is 1.19. The number of aromatic hydroxyl groups is 1. The number of phenolic OH excluding ortho intramolecular Hbond substituents is 1. The number of nitrogens with one attached hydrogen (secondary N) is 1. The minimum Gasteiger partial charge on any atom is -0.502 e. The van der Waals surface area contributed by atoms with Crippen molar-refractivity contribution in [3.63, 3.8) is 0 Å². The molecule has 25 heavy (non-hydrogen) atoms. The molecule has 7 nitrogen and oxygen atoms in total. The Morgan fingerprint density at radius 2 is 1.88 bits per heavy atom. The largest absolute Gasteiger partial charge is 0.502 e. The summed E-state index contributed by atoms with van der Waals surface area (Å²) < 4.78 is 12.3. The molecule has 0 bridgehead atoms. The van der Waals surface area contributed by atoms with Crippen LogP contribution < -0.4 is 15.0 Å². The highest BCUT2D eigenvalue weighted by Gasteiger charge is 2.31. The standard InChI is InChI=1S/C17H21N3O4S/c1-8(2)20-16-13(17(22)19-20)15(25-9(3)18-16)10-6-11(23-4)14(21)12(7-10)24-5/h6-8,15,21H,1-5H3,(H,19,22)/t15-/m1/s1. The summed E-state index contributed by atoms with van der Waals surface area (Å²) in [6.07, 6.45) is 0. The number of ether oxygens (including phenoxy) is 2. The molecule has 0 spiro atoms. The van der Waals surface area contributed by atoms with Crippen LogP contribution in [0, 0.1) is 0 Å². The van der Waals surface area contributed by atoms with Crippen LogP contribution in [-0.2, 0) is 0 Å². The number of aromatic nitrogens is 2. The summed E-state index contributed by atoms with van der Waals surface area (Å²) in [6.45, 7) is 5.90. The molecular formula is C17H21N3O4S. The summed E-state index contributed by atoms with van der Waals surface area (Å²) in [4.78, 5) is 17.2. The number of phenols is 1. The molecule has 3 rings (SSSR count). The lowest BCUT2D eigenvalue weighted by molar-refractivity contribution is 0.339. The van der Waals surface area contributed by atoms with Gasteiger partial charge in [-0.25, -0.2) is 4.99 Å². The van der Waals surface area contributed by atoms with Crippen LogP contribution in [0.15, 0.2) is 21.9 Å². The van der Waals surface area contributed by atoms with E-state index in [1.165, 1.54) is 26.0 Å². The average Bonchev–Trinajstić information content (AvgIpc) is 2.91. The van der Waals surface area contributed by atoms with Gasteiger partial charge in [-0.2, -0.15) is 0 Å². The molecule has 0 saturated carbocycles. The van der Waals surface area contributed by atoms with Gasteiger partial charge in [-0.15, -0.1) is 0 Å². The van der Waals surface area contributed by atoms with Gasteiger partial charge in [0.2, 0.25) is 5.75 Å². The van der Waals surface area contributed by atoms with Gasteiger partial charge in [-0.05, 0) is 38.5 Å². The van der Waals surface area contributed by atoms with E-state index < -0.39 is 0 Å². The Labute approximate surface area is 149 Å². The van der Waals surface area contributed by atoms with Crippen LogP contribution in [0.1, 0.15) is 43.2 Å². The van der Waals surface area contributed by atoms with Crippen LogP contribution in [0.4, 0.5) is 5.82 Å². The lowest BCUT2D eigenvalue weighted by Gasteiger charge is -2.22. The van der Waals surface area contributed by atoms with Crippen LogP contribution in [0.2, 0.25) is 0 Å². The molecule has 1 aromatic heterocycles. The Kier molecular flexibility index (Phi) is 4.55. The maximum atomic E-state index is 12.6. The predicted molar refractivity (Wildman–Crippen MR) is 98.9 cm³/mol. The Hall–Kier alpha value is -2.35. The minimum absolute atomic E-state index is 0.0613. The molecule has 1 atom stereocenters. The first-order valence-electron chi connectivity index (χ1n) is 7.88. The number of hydrogen-bond donors (Lipinski definition) is 2. The molecule has 2 aromatic rings. The van der Waals surface area contributed by atoms with Crippen LogP contribution in [0.5, 0.6) is 17.2 Å². The van der Waals surface area contributed by atoms with E-state index in [2.05, 4.69) is 10.1 Å². The van der Waals surface area contributed by atoms with Gasteiger partial charge in [0.05, 0.1) is 30.1 Å². The second kappa shape index (κ2) is 6.51. The Morgan fingerprint density at radius 3 is 2.40 bits per heavy atom. The van der Waals surface area contributed by atoms with E-state index in [9.17, 15) is 9.90 Å². The number of nitrogens with zero attached hydrogens (tertiary/aromatic N) is 2. The lowest BCUT2D eigenvalue weighted by atomic mass is 10.0. The number of benzene rings is 1. The number of rotatable bonds is 4. The van der Waals surface area contributed by atoms with Gasteiger partial charge in [-0.3, -0.25) is 14.6 Å². The van der Waals surface area contributed by atoms with Crippen molar-refractivity contribution in [2.75, 3.05) is 14.2 Å². The van der Waals surface area contributed by atoms with Crippen molar-refractivity contribution in [1.29, 1.82) is 0 Å². The first kappa shape index (κ1) is 17.5. The van der Waals surface area contributed by atoms with Gasteiger partial charge < -0.3 is 14.6 Å². The molecule has 0 unspecified atom stereocenters. The number of thioether (sulfide) groups is 1. The Morgan fingerprint density at radius 1 is 1.28 bits per heavy atom. The molecule has 1 aromatic carbocycles. The van der Waals surface area contributed by atoms with E-state index in [-0.39, 0.29) is 22.6 Å². The fourth-order valence-corrected chi connectivity index (χ4v) is 3.97. The van der Waals surface area contributed by atoms with Crippen LogP contribution in [0.25, 0.3) is 0 Å². The minimum atomic E-state index is -0.264. The zero-order valence-electron chi connectivity index (χ0n) is 14.8. The molecule has 134 valence electrons. The van der Waals surface area contributed by atoms with Gasteiger partial charge in [0.1, 0.15) is 0 Å². The topological polar surface area (TPSA) is 88.8 Å². The number of hydrogen-bond acceptors (Lipinski definition) is 6. The van der Waals surface area contributed by atoms with Crippen LogP contribution >= 0.6 is 11.8 Å². The van der Waals surface area contributed by atoms with E-state index in [1.807, 2.05) is 20.8 Å². The van der Waals surface area contributed by atoms with Gasteiger partial charge in [0, 0.05) is 6.04 Å². The summed E-state index contributed by atoms with van der Waals surface area (Å²) >= 11 is 1.49. The second-order valence-electron chi connectivity index (χ2n) is 6.04. The van der Waals surface area contributed by atoms with Gasteiger partial charge in [-0.1, -0.05) is 11.8 Å². The smallest absolute Gasteiger partial charge is 0.271 e. The molecule has 2 heterocycles. The first-order chi connectivity index (χ1) is 11.9. The van der Waals surface area contributed by atoms with E-state index in [0.29, 0.717) is 22.9 Å². The van der Waals surface area contributed by atoms with Gasteiger partial charge in [0.15, 0.2) is 17.3 Å². The fraction of sp³-hybridized carbons (Fsp3) is 0.412. The van der Waals surface area contributed by atoms with E-state index in [1.54, 1.807) is 16.8 Å². The molecule has 0 radical (unpaired) electrons. The van der Waals surface area contributed by atoms with Gasteiger partial charge >= 0.3 is 0 Å². The molecule has 0 fully saturated rings. The van der Waals surface area contributed by atoms with Crippen molar-refractivity contribution in [1.82, 2.24) is 9.78 Å². The summed E-state index contributed by atoms with van der Waals surface area (Å²) in [5.41, 5.74) is 1.24. The number of aliphatic imine (C=N–C) groups is 1. The third kappa shape index (κ3) is 2.90. The second-order valence-corrected chi connectivity index (χ2v) is 7.34. The molecule has 0 saturated heterocycles. The lowest BCUT2D eigenvalue weighted by Crippen LogP contribution is -2.13. The summed E-state index contributed by atoms with van der Waals surface area (Å²) in [7, 11) is 2.96. The highest BCUT2D eigenvalue weighted by molar-refractivity contribution is 8.14. The highest BCUT2D eigenvalue weighted by Crippen LogP contribution is 2.47. The van der Waals surface area contributed by atoms with Crippen molar-refractivity contribution >= 4 is 22.6 Å². The third-order valence-electron chi connectivity index (χ3n) is 4.07. The van der Waals surface area contributed by atoms with Crippen molar-refractivity contribution < 1.29 is 14.6 Å². The van der Waals surface area contributed by atoms with Crippen LogP contribution in [-0.4, -0.2) is 34.2 Å². The summed E-state index contributed by atoms with van der Waals surface area (Å²) in [5, 5.41) is 13.6. The Bertz CT molecular complexity index is 873. The Balaban J connectivity index is 2.21. The number of fused-ring (bicyclic) bond motifs is 1. The van der Waals surface area contributed by atoms with Crippen molar-refractivity contribution in [2.24, 2.45) is 4.99 Å². The van der Waals surface area contributed by atoms with E-state index in [0.717, 1.165) is 10.6 Å². The maximum Gasteiger partial charge on any atom is 0.271 e. The predicted octanol–water partition coefficient (Wildman–Crippen LogP) is 3.37. The molecule has 1 aliphatic heterocycles. The first-order valence-corrected chi connectivity index (χ1v) is 8.76. The number of H-pyrrole nitrogens is 1. The average molecular weight is 363 g/mol. The normalized spacial score (nSPS) is 16.6. The van der Waals surface area contributed by atoms with Crippen molar-refractivity contribution in [2.45, 2.75) is 32.1 Å². The third-order valence-corrected chi connectivity index (χ3v) is 5.25. The van der Waals surface area contributed by atoms with Gasteiger partial charge in [0.25, 0.3) is 5.56 Å². The molecule has 2 N–H and O–H groups in total.